The van der Waals surface area contributed by atoms with Crippen LogP contribution in [0.15, 0.2) is 30.6 Å². The smallest absolute Gasteiger partial charge is 0.329 e. The number of rotatable bonds is 7. The molecule has 0 spiro atoms. The molecule has 0 atom stereocenters. The fourth-order valence-corrected chi connectivity index (χ4v) is 1.72. The van der Waals surface area contributed by atoms with E-state index in [-0.39, 0.29) is 32.1 Å². The Morgan fingerprint density at radius 2 is 2.25 bits per heavy atom. The van der Waals surface area contributed by atoms with Gasteiger partial charge in [-0.3, -0.25) is 4.79 Å². The summed E-state index contributed by atoms with van der Waals surface area (Å²) in [4.78, 5) is 26.2. The lowest BCUT2D eigenvalue weighted by molar-refractivity contribution is -0.142. The molecule has 7 heteroatoms. The van der Waals surface area contributed by atoms with Gasteiger partial charge in [0.05, 0.1) is 18.7 Å². The number of pyridine rings is 1. The van der Waals surface area contributed by atoms with E-state index in [1.54, 1.807) is 6.20 Å². The number of carbonyl (C=O) groups excluding carboxylic acids is 1. The molecule has 0 aromatic carbocycles. The van der Waals surface area contributed by atoms with Crippen LogP contribution in [0.2, 0.25) is 0 Å². The quantitative estimate of drug-likeness (QED) is 0.700. The van der Waals surface area contributed by atoms with Crippen LogP contribution in [-0.2, 0) is 20.7 Å². The van der Waals surface area contributed by atoms with Crippen LogP contribution in [-0.4, -0.2) is 46.1 Å². The Kier molecular flexibility index (Phi) is 4.67. The second-order valence-corrected chi connectivity index (χ2v) is 4.17. The number of hydrogen-bond acceptors (Lipinski definition) is 4. The molecule has 0 aliphatic heterocycles. The normalized spacial score (nSPS) is 10.6. The van der Waals surface area contributed by atoms with Crippen molar-refractivity contribution in [2.24, 2.45) is 0 Å². The second kappa shape index (κ2) is 6.67. The van der Waals surface area contributed by atoms with Crippen molar-refractivity contribution in [3.8, 4) is 0 Å². The summed E-state index contributed by atoms with van der Waals surface area (Å²) >= 11 is 0. The van der Waals surface area contributed by atoms with Crippen molar-refractivity contribution in [1.29, 1.82) is 0 Å². The molecule has 0 aliphatic rings. The zero-order valence-electron chi connectivity index (χ0n) is 10.8. The molecule has 0 saturated heterocycles. The molecule has 2 heterocycles. The first kappa shape index (κ1) is 14.0. The van der Waals surface area contributed by atoms with E-state index in [0.29, 0.717) is 5.69 Å². The third kappa shape index (κ3) is 4.06. The number of carboxylic acids is 1. The van der Waals surface area contributed by atoms with Crippen LogP contribution in [0.5, 0.6) is 0 Å². The van der Waals surface area contributed by atoms with Crippen LogP contribution >= 0.6 is 0 Å². The van der Waals surface area contributed by atoms with E-state index in [4.69, 9.17) is 9.84 Å². The SMILES string of the molecule is O=C(O)COCCNC(=O)Cc1cn2ccccc2n1. The highest BCUT2D eigenvalue weighted by Gasteiger charge is 2.07. The zero-order chi connectivity index (χ0) is 14.4. The second-order valence-electron chi connectivity index (χ2n) is 4.17. The van der Waals surface area contributed by atoms with Gasteiger partial charge >= 0.3 is 5.97 Å². The molecule has 0 aliphatic carbocycles. The van der Waals surface area contributed by atoms with E-state index < -0.39 is 5.97 Å². The van der Waals surface area contributed by atoms with Crippen LogP contribution in [0.1, 0.15) is 5.69 Å². The number of amides is 1. The third-order valence-corrected chi connectivity index (χ3v) is 2.55. The van der Waals surface area contributed by atoms with Crippen molar-refractivity contribution in [2.45, 2.75) is 6.42 Å². The zero-order valence-corrected chi connectivity index (χ0v) is 10.8. The van der Waals surface area contributed by atoms with Gasteiger partial charge in [-0.05, 0) is 12.1 Å². The van der Waals surface area contributed by atoms with E-state index >= 15 is 0 Å². The molecule has 7 nitrogen and oxygen atoms in total. The summed E-state index contributed by atoms with van der Waals surface area (Å²) in [5.74, 6) is -1.20. The Bertz CT molecular complexity index is 575. The number of carbonyl (C=O) groups is 2. The van der Waals surface area contributed by atoms with Crippen molar-refractivity contribution in [3.63, 3.8) is 0 Å². The minimum Gasteiger partial charge on any atom is -0.480 e. The van der Waals surface area contributed by atoms with Gasteiger partial charge in [0.1, 0.15) is 12.3 Å². The lowest BCUT2D eigenvalue weighted by atomic mass is 10.3. The lowest BCUT2D eigenvalue weighted by Crippen LogP contribution is -2.29. The molecule has 2 N–H and O–H groups in total. The highest BCUT2D eigenvalue weighted by Crippen LogP contribution is 2.04. The molecule has 0 bridgehead atoms. The topological polar surface area (TPSA) is 92.9 Å². The van der Waals surface area contributed by atoms with Crippen LogP contribution in [0.25, 0.3) is 5.65 Å². The molecule has 2 aromatic rings. The molecule has 0 saturated carbocycles. The number of fused-ring (bicyclic) bond motifs is 1. The Hall–Kier alpha value is -2.41. The summed E-state index contributed by atoms with van der Waals surface area (Å²) in [5.41, 5.74) is 1.47. The first-order valence-corrected chi connectivity index (χ1v) is 6.14. The molecule has 106 valence electrons. The minimum absolute atomic E-state index is 0.170. The van der Waals surface area contributed by atoms with Crippen molar-refractivity contribution >= 4 is 17.5 Å². The molecule has 2 aromatic heterocycles. The van der Waals surface area contributed by atoms with Gasteiger partial charge in [0.2, 0.25) is 5.91 Å². The highest BCUT2D eigenvalue weighted by atomic mass is 16.5. The molecular formula is C13H15N3O4. The van der Waals surface area contributed by atoms with E-state index in [1.165, 1.54) is 0 Å². The largest absolute Gasteiger partial charge is 0.480 e. The van der Waals surface area contributed by atoms with Crippen LogP contribution in [0, 0.1) is 0 Å². The maximum atomic E-state index is 11.7. The average Bonchev–Trinajstić information content (AvgIpc) is 2.79. The lowest BCUT2D eigenvalue weighted by Gasteiger charge is -2.03. The molecule has 0 unspecified atom stereocenters. The van der Waals surface area contributed by atoms with Crippen LogP contribution < -0.4 is 5.32 Å². The summed E-state index contributed by atoms with van der Waals surface area (Å²) in [6.45, 7) is 0.0883. The van der Waals surface area contributed by atoms with E-state index in [0.717, 1.165) is 5.65 Å². The molecule has 1 amide bonds. The Morgan fingerprint density at radius 3 is 3.00 bits per heavy atom. The summed E-state index contributed by atoms with van der Waals surface area (Å²) in [6.07, 6.45) is 3.85. The van der Waals surface area contributed by atoms with Crippen molar-refractivity contribution in [1.82, 2.24) is 14.7 Å². The number of nitrogens with one attached hydrogen (secondary N) is 1. The number of imidazole rings is 1. The predicted octanol–water partition coefficient (Wildman–Crippen LogP) is 0.0942. The maximum absolute atomic E-state index is 11.7. The summed E-state index contributed by atoms with van der Waals surface area (Å²) in [5, 5.41) is 11.0. The number of ether oxygens (including phenoxy) is 1. The van der Waals surface area contributed by atoms with Gasteiger partial charge in [-0.1, -0.05) is 6.07 Å². The number of aliphatic carboxylic acids is 1. The number of carboxylic acid groups (broad SMARTS) is 1. The van der Waals surface area contributed by atoms with Crippen molar-refractivity contribution < 1.29 is 19.4 Å². The van der Waals surface area contributed by atoms with Gasteiger partial charge in [-0.25, -0.2) is 9.78 Å². The summed E-state index contributed by atoms with van der Waals surface area (Å²) in [6, 6.07) is 5.63. The van der Waals surface area contributed by atoms with Crippen LogP contribution in [0.3, 0.4) is 0 Å². The fraction of sp³-hybridized carbons (Fsp3) is 0.308. The monoisotopic (exact) mass is 277 g/mol. The van der Waals surface area contributed by atoms with Gasteiger partial charge in [-0.2, -0.15) is 0 Å². The fourth-order valence-electron chi connectivity index (χ4n) is 1.72. The van der Waals surface area contributed by atoms with E-state index in [1.807, 2.05) is 28.8 Å². The van der Waals surface area contributed by atoms with Gasteiger partial charge in [0.25, 0.3) is 0 Å². The van der Waals surface area contributed by atoms with Crippen LogP contribution in [0.4, 0.5) is 0 Å². The van der Waals surface area contributed by atoms with E-state index in [9.17, 15) is 9.59 Å². The first-order chi connectivity index (χ1) is 9.65. The Morgan fingerprint density at radius 1 is 1.40 bits per heavy atom. The average molecular weight is 277 g/mol. The Labute approximate surface area is 115 Å². The summed E-state index contributed by atoms with van der Waals surface area (Å²) in [7, 11) is 0. The van der Waals surface area contributed by atoms with Gasteiger partial charge in [-0.15, -0.1) is 0 Å². The van der Waals surface area contributed by atoms with E-state index in [2.05, 4.69) is 10.3 Å². The Balaban J connectivity index is 1.75. The molecular weight excluding hydrogens is 262 g/mol. The van der Waals surface area contributed by atoms with Gasteiger partial charge in [0, 0.05) is 18.9 Å². The third-order valence-electron chi connectivity index (χ3n) is 2.55. The number of aromatic nitrogens is 2. The molecule has 0 radical (unpaired) electrons. The van der Waals surface area contributed by atoms with Crippen molar-refractivity contribution in [3.05, 3.63) is 36.3 Å². The molecule has 20 heavy (non-hydrogen) atoms. The highest BCUT2D eigenvalue weighted by molar-refractivity contribution is 5.78. The number of hydrogen-bond donors (Lipinski definition) is 2. The standard InChI is InChI=1S/C13H15N3O4/c17-12(14-4-6-20-9-13(18)19)7-10-8-16-5-2-1-3-11(16)15-10/h1-3,5,8H,4,6-7,9H2,(H,14,17)(H,18,19). The molecule has 0 fully saturated rings. The molecule has 2 rings (SSSR count). The predicted molar refractivity (Wildman–Crippen MR) is 70.4 cm³/mol. The summed E-state index contributed by atoms with van der Waals surface area (Å²) < 4.78 is 6.66. The maximum Gasteiger partial charge on any atom is 0.329 e. The van der Waals surface area contributed by atoms with Crippen molar-refractivity contribution in [2.75, 3.05) is 19.8 Å². The first-order valence-electron chi connectivity index (χ1n) is 6.14. The number of nitrogens with zero attached hydrogens (tertiary/aromatic N) is 2. The van der Waals surface area contributed by atoms with Gasteiger partial charge in [0.15, 0.2) is 0 Å². The minimum atomic E-state index is -1.03. The van der Waals surface area contributed by atoms with Gasteiger partial charge < -0.3 is 19.6 Å².